The highest BCUT2D eigenvalue weighted by molar-refractivity contribution is 7.11. The molecule has 0 unspecified atom stereocenters. The molecular formula is C13H10NO4S-. The monoisotopic (exact) mass is 276 g/mol. The maximum absolute atomic E-state index is 11.8. The molecule has 5 nitrogen and oxygen atoms in total. The molecule has 0 fully saturated rings. The number of hydrogen-bond acceptors (Lipinski definition) is 6. The summed E-state index contributed by atoms with van der Waals surface area (Å²) in [6.45, 7) is -0.123. The van der Waals surface area contributed by atoms with E-state index in [-0.39, 0.29) is 23.8 Å². The van der Waals surface area contributed by atoms with Gasteiger partial charge in [-0.25, -0.2) is 4.98 Å². The van der Waals surface area contributed by atoms with Gasteiger partial charge in [-0.2, -0.15) is 0 Å². The van der Waals surface area contributed by atoms with Crippen molar-refractivity contribution in [1.82, 2.24) is 4.98 Å². The molecule has 1 heterocycles. The lowest BCUT2D eigenvalue weighted by Gasteiger charge is -2.03. The summed E-state index contributed by atoms with van der Waals surface area (Å²) in [5, 5.41) is 12.2. The molecular weight excluding hydrogens is 266 g/mol. The fourth-order valence-corrected chi connectivity index (χ4v) is 2.14. The topological polar surface area (TPSA) is 79.3 Å². The average molecular weight is 276 g/mol. The van der Waals surface area contributed by atoms with Crippen LogP contribution in [0.3, 0.4) is 0 Å². The van der Waals surface area contributed by atoms with Crippen LogP contribution in [0.4, 0.5) is 0 Å². The van der Waals surface area contributed by atoms with Gasteiger partial charge in [0.25, 0.3) is 0 Å². The molecule has 0 N–H and O–H groups in total. The van der Waals surface area contributed by atoms with Crippen molar-refractivity contribution >= 4 is 23.1 Å². The molecule has 0 saturated heterocycles. The summed E-state index contributed by atoms with van der Waals surface area (Å²) in [7, 11) is 0. The molecule has 0 aliphatic heterocycles. The van der Waals surface area contributed by atoms with Gasteiger partial charge < -0.3 is 14.6 Å². The molecule has 6 heteroatoms. The van der Waals surface area contributed by atoms with Crippen LogP contribution >= 0.6 is 11.3 Å². The van der Waals surface area contributed by atoms with Crippen molar-refractivity contribution in [3.05, 3.63) is 46.4 Å². The van der Waals surface area contributed by atoms with Gasteiger partial charge in [-0.15, -0.1) is 11.3 Å². The van der Waals surface area contributed by atoms with Crippen LogP contribution in [0.15, 0.2) is 35.7 Å². The molecule has 1 aromatic carbocycles. The largest absolute Gasteiger partial charge is 0.550 e. The van der Waals surface area contributed by atoms with Crippen LogP contribution in [0.25, 0.3) is 0 Å². The normalized spacial score (nSPS) is 10.1. The minimum Gasteiger partial charge on any atom is -0.550 e. The number of ether oxygens (including phenoxy) is 1. The van der Waals surface area contributed by atoms with E-state index in [1.165, 1.54) is 5.38 Å². The van der Waals surface area contributed by atoms with Gasteiger partial charge in [-0.3, -0.25) is 4.79 Å². The highest BCUT2D eigenvalue weighted by Gasteiger charge is 2.12. The van der Waals surface area contributed by atoms with E-state index < -0.39 is 5.97 Å². The Balaban J connectivity index is 1.93. The Labute approximate surface area is 113 Å². The van der Waals surface area contributed by atoms with Crippen LogP contribution in [0.1, 0.15) is 15.5 Å². The summed E-state index contributed by atoms with van der Waals surface area (Å²) >= 11 is 1.10. The summed E-state index contributed by atoms with van der Waals surface area (Å²) in [5.74, 6) is -0.898. The number of ketones is 1. The second-order valence-electron chi connectivity index (χ2n) is 3.72. The number of carboxylic acid groups (broad SMARTS) is 1. The molecule has 2 rings (SSSR count). The molecule has 0 saturated carbocycles. The fraction of sp³-hybridized carbons (Fsp3) is 0.154. The standard InChI is InChI=1S/C13H11NO4S/c15-11(7-18-10-4-2-1-3-5-10)13-14-9(8-19-13)6-12(16)17/h1-5,8H,6-7H2,(H,16,17)/p-1. The third kappa shape index (κ3) is 3.89. The van der Waals surface area contributed by atoms with Crippen LogP contribution in [-0.2, 0) is 11.2 Å². The van der Waals surface area contributed by atoms with E-state index in [1.807, 2.05) is 6.07 Å². The average Bonchev–Trinajstić information content (AvgIpc) is 2.85. The highest BCUT2D eigenvalue weighted by atomic mass is 32.1. The van der Waals surface area contributed by atoms with E-state index in [2.05, 4.69) is 4.98 Å². The molecule has 0 spiro atoms. The Morgan fingerprint density at radius 2 is 2.00 bits per heavy atom. The predicted octanol–water partition coefficient (Wildman–Crippen LogP) is 0.697. The zero-order chi connectivity index (χ0) is 13.7. The lowest BCUT2D eigenvalue weighted by atomic mass is 10.3. The summed E-state index contributed by atoms with van der Waals surface area (Å²) in [5.41, 5.74) is 0.327. The maximum Gasteiger partial charge on any atom is 0.228 e. The van der Waals surface area contributed by atoms with Crippen molar-refractivity contribution in [3.8, 4) is 5.75 Å². The molecule has 0 amide bonds. The number of aromatic nitrogens is 1. The van der Waals surface area contributed by atoms with E-state index in [1.54, 1.807) is 24.3 Å². The molecule has 0 radical (unpaired) electrons. The Bertz CT molecular complexity index is 579. The first-order chi connectivity index (χ1) is 9.15. The zero-order valence-electron chi connectivity index (χ0n) is 9.87. The summed E-state index contributed by atoms with van der Waals surface area (Å²) < 4.78 is 5.30. The summed E-state index contributed by atoms with van der Waals surface area (Å²) in [6.07, 6.45) is -0.288. The van der Waals surface area contributed by atoms with Crippen LogP contribution < -0.4 is 9.84 Å². The van der Waals surface area contributed by atoms with Gasteiger partial charge >= 0.3 is 0 Å². The Morgan fingerprint density at radius 3 is 2.68 bits per heavy atom. The van der Waals surface area contributed by atoms with Gasteiger partial charge in [0.15, 0.2) is 11.6 Å². The van der Waals surface area contributed by atoms with Crippen LogP contribution in [-0.4, -0.2) is 23.3 Å². The first-order valence-corrected chi connectivity index (χ1v) is 6.38. The number of nitrogens with zero attached hydrogens (tertiary/aromatic N) is 1. The molecule has 0 atom stereocenters. The maximum atomic E-state index is 11.8. The first kappa shape index (κ1) is 13.2. The van der Waals surface area contributed by atoms with Gasteiger partial charge in [-0.1, -0.05) is 18.2 Å². The number of aliphatic carboxylic acids is 1. The minimum atomic E-state index is -1.22. The van der Waals surface area contributed by atoms with Crippen molar-refractivity contribution < 1.29 is 19.4 Å². The van der Waals surface area contributed by atoms with Gasteiger partial charge in [0, 0.05) is 17.8 Å². The van der Waals surface area contributed by atoms with Crippen molar-refractivity contribution in [2.75, 3.05) is 6.61 Å². The van der Waals surface area contributed by atoms with E-state index in [0.717, 1.165) is 11.3 Å². The van der Waals surface area contributed by atoms with Crippen molar-refractivity contribution in [1.29, 1.82) is 0 Å². The first-order valence-electron chi connectivity index (χ1n) is 5.50. The van der Waals surface area contributed by atoms with Gasteiger partial charge in [0.2, 0.25) is 5.78 Å². The second kappa shape index (κ2) is 6.10. The number of thiazole rings is 1. The summed E-state index contributed by atoms with van der Waals surface area (Å²) in [4.78, 5) is 26.1. The molecule has 0 bridgehead atoms. The number of carbonyl (C=O) groups excluding carboxylic acids is 2. The molecule has 19 heavy (non-hydrogen) atoms. The van der Waals surface area contributed by atoms with Crippen molar-refractivity contribution in [3.63, 3.8) is 0 Å². The number of rotatable bonds is 6. The van der Waals surface area contributed by atoms with Crippen molar-refractivity contribution in [2.24, 2.45) is 0 Å². The highest BCUT2D eigenvalue weighted by Crippen LogP contribution is 2.13. The molecule has 0 aliphatic rings. The lowest BCUT2D eigenvalue weighted by Crippen LogP contribution is -2.24. The quantitative estimate of drug-likeness (QED) is 0.725. The Kier molecular flexibility index (Phi) is 4.25. The van der Waals surface area contributed by atoms with E-state index in [4.69, 9.17) is 4.74 Å². The smallest absolute Gasteiger partial charge is 0.228 e. The number of carboxylic acids is 1. The number of para-hydroxylation sites is 1. The van der Waals surface area contributed by atoms with E-state index >= 15 is 0 Å². The third-order valence-corrected chi connectivity index (χ3v) is 3.16. The number of carbonyl (C=O) groups is 2. The Morgan fingerprint density at radius 1 is 1.26 bits per heavy atom. The zero-order valence-corrected chi connectivity index (χ0v) is 10.7. The molecule has 0 aliphatic carbocycles. The number of benzene rings is 1. The van der Waals surface area contributed by atoms with Crippen LogP contribution in [0.5, 0.6) is 5.75 Å². The minimum absolute atomic E-state index is 0.123. The van der Waals surface area contributed by atoms with Gasteiger partial charge in [0.1, 0.15) is 5.75 Å². The van der Waals surface area contributed by atoms with Crippen LogP contribution in [0.2, 0.25) is 0 Å². The number of Topliss-reactive ketones (excluding diaryl/α,β-unsaturated/α-hetero) is 1. The molecule has 98 valence electrons. The SMILES string of the molecule is O=C([O-])Cc1csc(C(=O)COc2ccccc2)n1. The van der Waals surface area contributed by atoms with E-state index in [0.29, 0.717) is 11.4 Å². The fourth-order valence-electron chi connectivity index (χ4n) is 1.39. The lowest BCUT2D eigenvalue weighted by molar-refractivity contribution is -0.304. The number of hydrogen-bond donors (Lipinski definition) is 0. The molecule has 1 aromatic heterocycles. The third-order valence-electron chi connectivity index (χ3n) is 2.23. The second-order valence-corrected chi connectivity index (χ2v) is 4.58. The van der Waals surface area contributed by atoms with Crippen LogP contribution in [0, 0.1) is 0 Å². The summed E-state index contributed by atoms with van der Waals surface area (Å²) in [6, 6.07) is 8.96. The molecule has 2 aromatic rings. The van der Waals surface area contributed by atoms with E-state index in [9.17, 15) is 14.7 Å². The predicted molar refractivity (Wildman–Crippen MR) is 67.1 cm³/mol. The Hall–Kier alpha value is -2.21. The van der Waals surface area contributed by atoms with Gasteiger partial charge in [0.05, 0.1) is 5.69 Å². The van der Waals surface area contributed by atoms with Crippen molar-refractivity contribution in [2.45, 2.75) is 6.42 Å². The van der Waals surface area contributed by atoms with Gasteiger partial charge in [-0.05, 0) is 12.1 Å².